The van der Waals surface area contributed by atoms with Gasteiger partial charge in [0.15, 0.2) is 0 Å². The molecule has 0 saturated heterocycles. The van der Waals surface area contributed by atoms with Gasteiger partial charge in [0.1, 0.15) is 0 Å². The van der Waals surface area contributed by atoms with Gasteiger partial charge < -0.3 is 5.32 Å². The molecule has 0 heterocycles. The number of amides is 1. The first kappa shape index (κ1) is 11.3. The maximum Gasteiger partial charge on any atom is 0.471 e. The van der Waals surface area contributed by atoms with Crippen LogP contribution in [0.1, 0.15) is 0 Å². The minimum absolute atomic E-state index is 0.00340. The second-order valence-electron chi connectivity index (χ2n) is 2.64. The summed E-state index contributed by atoms with van der Waals surface area (Å²) in [5.41, 5.74) is 2.10. The molecule has 0 atom stereocenters. The fourth-order valence-electron chi connectivity index (χ4n) is 0.830. The predicted octanol–water partition coefficient (Wildman–Crippen LogP) is 1.99. The van der Waals surface area contributed by atoms with Crippen molar-refractivity contribution in [3.63, 3.8) is 0 Å². The molecule has 0 fully saturated rings. The van der Waals surface area contributed by atoms with Crippen molar-refractivity contribution in [3.05, 3.63) is 24.3 Å². The molecule has 0 aliphatic carbocycles. The number of carbonyl (C=O) groups excluding carboxylic acids is 1. The number of rotatable bonds is 2. The molecule has 0 radical (unpaired) electrons. The molecular formula is C8H7F3N2O2. The van der Waals surface area contributed by atoms with Gasteiger partial charge in [-0.25, -0.2) is 0 Å². The minimum atomic E-state index is -4.91. The lowest BCUT2D eigenvalue weighted by atomic mass is 10.3. The van der Waals surface area contributed by atoms with E-state index in [0.717, 1.165) is 0 Å². The molecule has 82 valence electrons. The third kappa shape index (κ3) is 3.13. The molecule has 0 aromatic heterocycles. The van der Waals surface area contributed by atoms with Crippen LogP contribution in [0.4, 0.5) is 24.5 Å². The third-order valence-electron chi connectivity index (χ3n) is 1.53. The van der Waals surface area contributed by atoms with Crippen LogP contribution in [0, 0.1) is 0 Å². The molecule has 3 N–H and O–H groups in total. The Labute approximate surface area is 82.7 Å². The Morgan fingerprint density at radius 3 is 2.00 bits per heavy atom. The Morgan fingerprint density at radius 2 is 1.60 bits per heavy atom. The zero-order chi connectivity index (χ0) is 11.5. The monoisotopic (exact) mass is 220 g/mol. The van der Waals surface area contributed by atoms with Crippen LogP contribution in [-0.2, 0) is 4.79 Å². The Bertz CT molecular complexity index is 348. The van der Waals surface area contributed by atoms with Crippen molar-refractivity contribution < 1.29 is 23.2 Å². The van der Waals surface area contributed by atoms with E-state index in [9.17, 15) is 18.0 Å². The van der Waals surface area contributed by atoms with Gasteiger partial charge in [-0.3, -0.25) is 15.5 Å². The van der Waals surface area contributed by atoms with E-state index in [4.69, 9.17) is 5.21 Å². The molecular weight excluding hydrogens is 213 g/mol. The van der Waals surface area contributed by atoms with Crippen molar-refractivity contribution in [1.29, 1.82) is 0 Å². The second kappa shape index (κ2) is 4.18. The van der Waals surface area contributed by atoms with E-state index in [1.54, 1.807) is 10.8 Å². The van der Waals surface area contributed by atoms with Crippen molar-refractivity contribution in [3.8, 4) is 0 Å². The third-order valence-corrected chi connectivity index (χ3v) is 1.53. The van der Waals surface area contributed by atoms with Crippen molar-refractivity contribution in [2.24, 2.45) is 0 Å². The maximum atomic E-state index is 11.8. The van der Waals surface area contributed by atoms with Gasteiger partial charge in [-0.05, 0) is 24.3 Å². The smallest absolute Gasteiger partial charge is 0.318 e. The molecule has 1 aromatic carbocycles. The van der Waals surface area contributed by atoms with Gasteiger partial charge in [0.25, 0.3) is 0 Å². The summed E-state index contributed by atoms with van der Waals surface area (Å²) in [5.74, 6) is -2.03. The van der Waals surface area contributed by atoms with Crippen LogP contribution in [0.5, 0.6) is 0 Å². The lowest BCUT2D eigenvalue weighted by molar-refractivity contribution is -0.167. The van der Waals surface area contributed by atoms with E-state index >= 15 is 0 Å². The number of alkyl halides is 3. The average Bonchev–Trinajstić information content (AvgIpc) is 2.17. The van der Waals surface area contributed by atoms with Crippen molar-refractivity contribution in [1.82, 2.24) is 0 Å². The van der Waals surface area contributed by atoms with Crippen molar-refractivity contribution in [2.75, 3.05) is 10.8 Å². The summed E-state index contributed by atoms with van der Waals surface area (Å²) in [6.07, 6.45) is -4.91. The number of hydrogen-bond acceptors (Lipinski definition) is 3. The molecule has 0 aliphatic heterocycles. The zero-order valence-electron chi connectivity index (χ0n) is 7.30. The number of hydrogen-bond donors (Lipinski definition) is 3. The summed E-state index contributed by atoms with van der Waals surface area (Å²) in [7, 11) is 0. The second-order valence-corrected chi connectivity index (χ2v) is 2.64. The molecule has 1 rings (SSSR count). The highest BCUT2D eigenvalue weighted by Crippen LogP contribution is 2.19. The van der Waals surface area contributed by atoms with E-state index in [1.165, 1.54) is 24.3 Å². The van der Waals surface area contributed by atoms with E-state index in [0.29, 0.717) is 5.69 Å². The van der Waals surface area contributed by atoms with Gasteiger partial charge in [-0.2, -0.15) is 13.2 Å². The zero-order valence-corrected chi connectivity index (χ0v) is 7.30. The Hall–Kier alpha value is -1.76. The summed E-state index contributed by atoms with van der Waals surface area (Å²) < 4.78 is 35.4. The summed E-state index contributed by atoms with van der Waals surface area (Å²) in [6.45, 7) is 0. The lowest BCUT2D eigenvalue weighted by Crippen LogP contribution is -2.29. The Balaban J connectivity index is 2.70. The standard InChI is InChI=1S/C8H7F3N2O2/c9-8(10,11)7(14)12-5-1-3-6(13-15)4-2-5/h1-4,13,15H,(H,12,14). The molecule has 0 bridgehead atoms. The Kier molecular flexibility index (Phi) is 3.15. The number of benzene rings is 1. The molecule has 0 spiro atoms. The fourth-order valence-corrected chi connectivity index (χ4v) is 0.830. The van der Waals surface area contributed by atoms with Gasteiger partial charge in [0.2, 0.25) is 0 Å². The molecule has 0 aliphatic rings. The molecule has 15 heavy (non-hydrogen) atoms. The average molecular weight is 220 g/mol. The molecule has 1 aromatic rings. The largest absolute Gasteiger partial charge is 0.471 e. The van der Waals surface area contributed by atoms with Crippen LogP contribution in [0.15, 0.2) is 24.3 Å². The van der Waals surface area contributed by atoms with Crippen LogP contribution in [0.3, 0.4) is 0 Å². The van der Waals surface area contributed by atoms with Gasteiger partial charge in [0.05, 0.1) is 5.69 Å². The molecule has 0 unspecified atom stereocenters. The maximum absolute atomic E-state index is 11.8. The van der Waals surface area contributed by atoms with E-state index in [1.807, 2.05) is 0 Å². The van der Waals surface area contributed by atoms with Crippen LogP contribution < -0.4 is 10.8 Å². The number of halogens is 3. The van der Waals surface area contributed by atoms with Crippen LogP contribution >= 0.6 is 0 Å². The van der Waals surface area contributed by atoms with Crippen LogP contribution in [-0.4, -0.2) is 17.3 Å². The number of carbonyl (C=O) groups is 1. The highest BCUT2D eigenvalue weighted by atomic mass is 19.4. The summed E-state index contributed by atoms with van der Waals surface area (Å²) in [6, 6.07) is 5.07. The van der Waals surface area contributed by atoms with Gasteiger partial charge >= 0.3 is 12.1 Å². The summed E-state index contributed by atoms with van der Waals surface area (Å²) >= 11 is 0. The van der Waals surface area contributed by atoms with Gasteiger partial charge in [-0.15, -0.1) is 0 Å². The summed E-state index contributed by atoms with van der Waals surface area (Å²) in [5, 5.41) is 10.1. The first-order valence-electron chi connectivity index (χ1n) is 3.82. The van der Waals surface area contributed by atoms with Crippen LogP contribution in [0.2, 0.25) is 0 Å². The van der Waals surface area contributed by atoms with Crippen molar-refractivity contribution in [2.45, 2.75) is 6.18 Å². The highest BCUT2D eigenvalue weighted by Gasteiger charge is 2.38. The van der Waals surface area contributed by atoms with E-state index < -0.39 is 12.1 Å². The predicted molar refractivity (Wildman–Crippen MR) is 46.5 cm³/mol. The van der Waals surface area contributed by atoms with Crippen LogP contribution in [0.25, 0.3) is 0 Å². The SMILES string of the molecule is O=C(Nc1ccc(NO)cc1)C(F)(F)F. The first-order valence-corrected chi connectivity index (χ1v) is 3.82. The van der Waals surface area contributed by atoms with Crippen molar-refractivity contribution >= 4 is 17.3 Å². The molecule has 4 nitrogen and oxygen atoms in total. The Morgan fingerprint density at radius 1 is 1.13 bits per heavy atom. The van der Waals surface area contributed by atoms with Gasteiger partial charge in [-0.1, -0.05) is 0 Å². The van der Waals surface area contributed by atoms with E-state index in [2.05, 4.69) is 0 Å². The fraction of sp³-hybridized carbons (Fsp3) is 0.125. The molecule has 1 amide bonds. The molecule has 7 heteroatoms. The quantitative estimate of drug-likeness (QED) is 0.668. The highest BCUT2D eigenvalue weighted by molar-refractivity contribution is 5.94. The first-order chi connectivity index (χ1) is 6.93. The minimum Gasteiger partial charge on any atom is -0.318 e. The summed E-state index contributed by atoms with van der Waals surface area (Å²) in [4.78, 5) is 10.5. The topological polar surface area (TPSA) is 61.4 Å². The lowest BCUT2D eigenvalue weighted by Gasteiger charge is -2.08. The molecule has 0 saturated carbocycles. The normalized spacial score (nSPS) is 10.9. The van der Waals surface area contributed by atoms with Gasteiger partial charge in [0, 0.05) is 5.69 Å². The van der Waals surface area contributed by atoms with E-state index in [-0.39, 0.29) is 5.69 Å². The number of anilines is 2. The number of nitrogens with one attached hydrogen (secondary N) is 2.